The molecule has 0 radical (unpaired) electrons. The van der Waals surface area contributed by atoms with Gasteiger partial charge >= 0.3 is 0 Å². The molecule has 1 heterocycles. The van der Waals surface area contributed by atoms with E-state index >= 15 is 0 Å². The Labute approximate surface area is 70.5 Å². The van der Waals surface area contributed by atoms with Gasteiger partial charge in [0.2, 0.25) is 0 Å². The van der Waals surface area contributed by atoms with Crippen molar-refractivity contribution in [3.8, 4) is 12.3 Å². The van der Waals surface area contributed by atoms with E-state index in [-0.39, 0.29) is 6.04 Å². The van der Waals surface area contributed by atoms with E-state index in [1.807, 2.05) is 0 Å². The zero-order chi connectivity index (χ0) is 8.97. The Morgan fingerprint density at radius 3 is 3.00 bits per heavy atom. The number of hydrogen-bond donors (Lipinski definition) is 4. The third-order valence-corrected chi connectivity index (χ3v) is 1.60. The van der Waals surface area contributed by atoms with E-state index in [9.17, 15) is 0 Å². The van der Waals surface area contributed by atoms with Crippen LogP contribution in [-0.4, -0.2) is 10.2 Å². The van der Waals surface area contributed by atoms with Crippen molar-refractivity contribution in [2.45, 2.75) is 12.5 Å². The lowest BCUT2D eigenvalue weighted by molar-refractivity contribution is 0.570. The maximum absolute atomic E-state index is 5.57. The van der Waals surface area contributed by atoms with Gasteiger partial charge in [-0.15, -0.1) is 12.3 Å². The minimum atomic E-state index is -0.131. The van der Waals surface area contributed by atoms with Crippen molar-refractivity contribution in [1.29, 1.82) is 0 Å². The smallest absolute Gasteiger partial charge is 0.123 e. The number of nitrogens with zero attached hydrogens (tertiary/aromatic N) is 1. The predicted octanol–water partition coefficient (Wildman–Crippen LogP) is -0.480. The molecule has 0 spiro atoms. The normalized spacial score (nSPS) is 12.3. The quantitative estimate of drug-likeness (QED) is 0.276. The highest BCUT2D eigenvalue weighted by atomic mass is 15.2. The standard InChI is InChI=1S/C7H11N5/c1-2-3-6(11-9)5-4-10-12-7(5)8/h1,4,6,11H,3,9H2,(H3,8,10,12). The molecule has 1 unspecified atom stereocenters. The summed E-state index contributed by atoms with van der Waals surface area (Å²) >= 11 is 0. The Hall–Kier alpha value is -1.51. The first kappa shape index (κ1) is 8.59. The summed E-state index contributed by atoms with van der Waals surface area (Å²) in [6.07, 6.45) is 7.24. The number of aromatic amines is 1. The van der Waals surface area contributed by atoms with Gasteiger partial charge in [-0.05, 0) is 0 Å². The lowest BCUT2D eigenvalue weighted by atomic mass is 10.1. The molecule has 0 amide bonds. The number of aromatic nitrogens is 2. The third-order valence-electron chi connectivity index (χ3n) is 1.60. The molecule has 1 aromatic rings. The molecule has 0 aliphatic carbocycles. The fourth-order valence-electron chi connectivity index (χ4n) is 0.960. The first-order chi connectivity index (χ1) is 5.79. The molecule has 64 valence electrons. The van der Waals surface area contributed by atoms with E-state index in [0.29, 0.717) is 12.2 Å². The first-order valence-electron chi connectivity index (χ1n) is 3.48. The molecular formula is C7H11N5. The highest BCUT2D eigenvalue weighted by molar-refractivity contribution is 5.39. The summed E-state index contributed by atoms with van der Waals surface area (Å²) in [5, 5.41) is 6.36. The number of anilines is 1. The van der Waals surface area contributed by atoms with Crippen molar-refractivity contribution in [2.24, 2.45) is 5.84 Å². The van der Waals surface area contributed by atoms with Crippen LogP contribution in [0.15, 0.2) is 6.20 Å². The minimum Gasteiger partial charge on any atom is -0.384 e. The van der Waals surface area contributed by atoms with Gasteiger partial charge in [-0.2, -0.15) is 5.10 Å². The van der Waals surface area contributed by atoms with Gasteiger partial charge in [0.25, 0.3) is 0 Å². The fraction of sp³-hybridized carbons (Fsp3) is 0.286. The maximum Gasteiger partial charge on any atom is 0.123 e. The Kier molecular flexibility index (Phi) is 2.69. The second kappa shape index (κ2) is 3.76. The average Bonchev–Trinajstić information content (AvgIpc) is 2.47. The van der Waals surface area contributed by atoms with E-state index in [4.69, 9.17) is 18.0 Å². The molecule has 12 heavy (non-hydrogen) atoms. The van der Waals surface area contributed by atoms with Crippen molar-refractivity contribution in [3.05, 3.63) is 11.8 Å². The molecule has 5 nitrogen and oxygen atoms in total. The van der Waals surface area contributed by atoms with Crippen LogP contribution in [0.3, 0.4) is 0 Å². The highest BCUT2D eigenvalue weighted by Crippen LogP contribution is 2.18. The number of nitrogens with two attached hydrogens (primary N) is 2. The predicted molar refractivity (Wildman–Crippen MR) is 46.5 cm³/mol. The molecule has 0 aliphatic heterocycles. The topological polar surface area (TPSA) is 92.7 Å². The van der Waals surface area contributed by atoms with Crippen LogP contribution in [0.1, 0.15) is 18.0 Å². The van der Waals surface area contributed by atoms with Gasteiger partial charge in [-0.1, -0.05) is 0 Å². The lowest BCUT2D eigenvalue weighted by Crippen LogP contribution is -2.27. The number of terminal acetylenes is 1. The van der Waals surface area contributed by atoms with Gasteiger partial charge in [0.1, 0.15) is 5.82 Å². The number of nitrogens with one attached hydrogen (secondary N) is 2. The molecule has 1 rings (SSSR count). The van der Waals surface area contributed by atoms with E-state index in [1.54, 1.807) is 6.20 Å². The highest BCUT2D eigenvalue weighted by Gasteiger charge is 2.12. The van der Waals surface area contributed by atoms with Gasteiger partial charge in [0.15, 0.2) is 0 Å². The molecule has 6 N–H and O–H groups in total. The maximum atomic E-state index is 5.57. The molecule has 0 saturated heterocycles. The molecule has 1 aromatic heterocycles. The van der Waals surface area contributed by atoms with E-state index in [2.05, 4.69) is 21.5 Å². The third kappa shape index (κ3) is 1.56. The fourth-order valence-corrected chi connectivity index (χ4v) is 0.960. The van der Waals surface area contributed by atoms with Gasteiger partial charge in [-0.25, -0.2) is 0 Å². The number of hydrazine groups is 1. The Balaban J connectivity index is 2.81. The summed E-state index contributed by atoms with van der Waals surface area (Å²) in [7, 11) is 0. The van der Waals surface area contributed by atoms with Gasteiger partial charge in [0, 0.05) is 12.0 Å². The van der Waals surface area contributed by atoms with Crippen molar-refractivity contribution in [3.63, 3.8) is 0 Å². The molecule has 0 bridgehead atoms. The summed E-state index contributed by atoms with van der Waals surface area (Å²) < 4.78 is 0. The minimum absolute atomic E-state index is 0.131. The van der Waals surface area contributed by atoms with Crippen LogP contribution in [0.4, 0.5) is 5.82 Å². The van der Waals surface area contributed by atoms with Gasteiger partial charge in [0.05, 0.1) is 12.2 Å². The molecule has 0 aromatic carbocycles. The number of H-pyrrole nitrogens is 1. The summed E-state index contributed by atoms with van der Waals surface area (Å²) in [6.45, 7) is 0. The Morgan fingerprint density at radius 1 is 1.83 bits per heavy atom. The molecule has 0 aliphatic rings. The SMILES string of the molecule is C#CCC(NN)c1cn[nH]c1N. The van der Waals surface area contributed by atoms with Crippen LogP contribution < -0.4 is 17.0 Å². The summed E-state index contributed by atoms with van der Waals surface area (Å²) in [6, 6.07) is -0.131. The summed E-state index contributed by atoms with van der Waals surface area (Å²) in [5.41, 5.74) is 8.93. The lowest BCUT2D eigenvalue weighted by Gasteiger charge is -2.10. The molecule has 1 atom stereocenters. The first-order valence-corrected chi connectivity index (χ1v) is 3.48. The molecule has 0 fully saturated rings. The Morgan fingerprint density at radius 2 is 2.58 bits per heavy atom. The van der Waals surface area contributed by atoms with E-state index < -0.39 is 0 Å². The number of nitrogen functional groups attached to an aromatic ring is 1. The van der Waals surface area contributed by atoms with Crippen LogP contribution in [-0.2, 0) is 0 Å². The summed E-state index contributed by atoms with van der Waals surface area (Å²) in [4.78, 5) is 0. The largest absolute Gasteiger partial charge is 0.384 e. The average molecular weight is 165 g/mol. The van der Waals surface area contributed by atoms with Crippen LogP contribution in [0.5, 0.6) is 0 Å². The van der Waals surface area contributed by atoms with Crippen LogP contribution in [0.25, 0.3) is 0 Å². The zero-order valence-electron chi connectivity index (χ0n) is 6.54. The monoisotopic (exact) mass is 165 g/mol. The zero-order valence-corrected chi connectivity index (χ0v) is 6.54. The van der Waals surface area contributed by atoms with Gasteiger partial charge < -0.3 is 5.73 Å². The molecular weight excluding hydrogens is 154 g/mol. The molecule has 5 heteroatoms. The second-order valence-electron chi connectivity index (χ2n) is 2.37. The van der Waals surface area contributed by atoms with E-state index in [1.165, 1.54) is 0 Å². The van der Waals surface area contributed by atoms with E-state index in [0.717, 1.165) is 5.56 Å². The van der Waals surface area contributed by atoms with Crippen molar-refractivity contribution >= 4 is 5.82 Å². The van der Waals surface area contributed by atoms with Crippen molar-refractivity contribution in [2.75, 3.05) is 5.73 Å². The van der Waals surface area contributed by atoms with Crippen molar-refractivity contribution in [1.82, 2.24) is 15.6 Å². The molecule has 0 saturated carbocycles. The number of rotatable bonds is 3. The Bertz CT molecular complexity index is 284. The number of hydrogen-bond acceptors (Lipinski definition) is 4. The van der Waals surface area contributed by atoms with Crippen molar-refractivity contribution < 1.29 is 0 Å². The van der Waals surface area contributed by atoms with Crippen LogP contribution in [0, 0.1) is 12.3 Å². The van der Waals surface area contributed by atoms with Crippen LogP contribution in [0.2, 0.25) is 0 Å². The summed E-state index contributed by atoms with van der Waals surface area (Å²) in [5.74, 6) is 8.26. The second-order valence-corrected chi connectivity index (χ2v) is 2.37. The van der Waals surface area contributed by atoms with Gasteiger partial charge in [-0.3, -0.25) is 16.4 Å². The van der Waals surface area contributed by atoms with Crippen LogP contribution >= 0.6 is 0 Å².